The molecule has 2 aromatic rings. The van der Waals surface area contributed by atoms with Crippen LogP contribution in [-0.4, -0.2) is 39.7 Å². The molecule has 1 aromatic carbocycles. The van der Waals surface area contributed by atoms with Crippen LogP contribution in [0.15, 0.2) is 22.5 Å². The summed E-state index contributed by atoms with van der Waals surface area (Å²) in [5.74, 6) is -1.06. The molecule has 0 aliphatic rings. The van der Waals surface area contributed by atoms with Crippen molar-refractivity contribution in [2.24, 2.45) is 0 Å². The second kappa shape index (κ2) is 6.96. The molecule has 5 nitrogen and oxygen atoms in total. The van der Waals surface area contributed by atoms with E-state index in [9.17, 15) is 9.59 Å². The van der Waals surface area contributed by atoms with Crippen molar-refractivity contribution in [3.05, 3.63) is 18.2 Å². The summed E-state index contributed by atoms with van der Waals surface area (Å²) < 4.78 is 2.01. The Balaban J connectivity index is 1.98. The molecule has 0 fully saturated rings. The molecule has 0 spiro atoms. The third kappa shape index (κ3) is 4.12. The molecule has 2 N–H and O–H groups in total. The number of thiazole rings is 1. The van der Waals surface area contributed by atoms with Crippen LogP contribution in [0.5, 0.6) is 0 Å². The highest BCUT2D eigenvalue weighted by molar-refractivity contribution is 8.00. The van der Waals surface area contributed by atoms with Crippen molar-refractivity contribution < 1.29 is 14.7 Å². The van der Waals surface area contributed by atoms with Crippen molar-refractivity contribution in [2.45, 2.75) is 4.34 Å². The van der Waals surface area contributed by atoms with Crippen LogP contribution in [0.3, 0.4) is 0 Å². The van der Waals surface area contributed by atoms with E-state index in [0.717, 1.165) is 26.3 Å². The fourth-order valence-electron chi connectivity index (χ4n) is 1.50. The van der Waals surface area contributed by atoms with E-state index in [1.165, 1.54) is 0 Å². The number of amides is 1. The lowest BCUT2D eigenvalue weighted by Crippen LogP contribution is -2.15. The number of carbonyl (C=O) groups is 2. The van der Waals surface area contributed by atoms with Crippen LogP contribution in [0.4, 0.5) is 5.69 Å². The molecule has 2 rings (SSSR count). The number of benzene rings is 1. The smallest absolute Gasteiger partial charge is 0.313 e. The highest BCUT2D eigenvalue weighted by Crippen LogP contribution is 2.29. The minimum atomic E-state index is -0.918. The first kappa shape index (κ1) is 15.1. The van der Waals surface area contributed by atoms with Crippen molar-refractivity contribution in [3.8, 4) is 0 Å². The van der Waals surface area contributed by atoms with E-state index in [1.54, 1.807) is 29.2 Å². The van der Waals surface area contributed by atoms with Crippen molar-refractivity contribution in [3.63, 3.8) is 0 Å². The van der Waals surface area contributed by atoms with Gasteiger partial charge in [0.2, 0.25) is 5.91 Å². The summed E-state index contributed by atoms with van der Waals surface area (Å²) >= 11 is 4.24. The van der Waals surface area contributed by atoms with Gasteiger partial charge in [0.15, 0.2) is 4.34 Å². The summed E-state index contributed by atoms with van der Waals surface area (Å²) in [7, 11) is 0. The molecule has 0 aliphatic carbocycles. The Kier molecular flexibility index (Phi) is 5.27. The van der Waals surface area contributed by atoms with Crippen molar-refractivity contribution >= 4 is 62.6 Å². The summed E-state index contributed by atoms with van der Waals surface area (Å²) in [6, 6.07) is 5.55. The highest BCUT2D eigenvalue weighted by Gasteiger charge is 2.07. The second-order valence-corrected chi connectivity index (χ2v) is 6.87. The standard InChI is InChI=1S/C12H12N2O3S3/c1-18-12-14-8-3-2-7(4-9(8)20-12)13-10(15)5-19-6-11(16)17/h2-4H,5-6H2,1H3,(H,13,15)(H,16,17). The van der Waals surface area contributed by atoms with E-state index < -0.39 is 5.97 Å². The molecule has 20 heavy (non-hydrogen) atoms. The van der Waals surface area contributed by atoms with Gasteiger partial charge in [-0.15, -0.1) is 23.1 Å². The third-order valence-corrected chi connectivity index (χ3v) is 5.21. The van der Waals surface area contributed by atoms with Crippen LogP contribution in [-0.2, 0) is 9.59 Å². The molecule has 0 bridgehead atoms. The average Bonchev–Trinajstić information content (AvgIpc) is 2.80. The number of aliphatic carboxylic acids is 1. The van der Waals surface area contributed by atoms with E-state index in [0.29, 0.717) is 5.69 Å². The largest absolute Gasteiger partial charge is 0.481 e. The molecule has 1 aromatic heterocycles. The molecule has 0 atom stereocenters. The number of carboxylic acids is 1. The van der Waals surface area contributed by atoms with Crippen LogP contribution < -0.4 is 5.32 Å². The van der Waals surface area contributed by atoms with Gasteiger partial charge < -0.3 is 10.4 Å². The second-order valence-electron chi connectivity index (χ2n) is 3.80. The normalized spacial score (nSPS) is 10.7. The number of carboxylic acid groups (broad SMARTS) is 1. The summed E-state index contributed by atoms with van der Waals surface area (Å²) in [5.41, 5.74) is 1.62. The summed E-state index contributed by atoms with van der Waals surface area (Å²) in [5, 5.41) is 11.3. The minimum absolute atomic E-state index is 0.0710. The zero-order valence-electron chi connectivity index (χ0n) is 10.6. The maximum absolute atomic E-state index is 11.7. The minimum Gasteiger partial charge on any atom is -0.481 e. The fraction of sp³-hybridized carbons (Fsp3) is 0.250. The maximum atomic E-state index is 11.7. The van der Waals surface area contributed by atoms with Crippen LogP contribution >= 0.6 is 34.9 Å². The lowest BCUT2D eigenvalue weighted by atomic mass is 10.3. The van der Waals surface area contributed by atoms with Gasteiger partial charge in [0.05, 0.1) is 21.7 Å². The molecule has 0 saturated heterocycles. The van der Waals surface area contributed by atoms with Crippen LogP contribution in [0.1, 0.15) is 0 Å². The first-order valence-corrected chi connectivity index (χ1v) is 8.82. The molecule has 0 unspecified atom stereocenters. The molecule has 0 saturated carbocycles. The molecule has 0 aliphatic heterocycles. The molecular formula is C12H12N2O3S3. The number of thioether (sulfide) groups is 2. The molecule has 1 amide bonds. The highest BCUT2D eigenvalue weighted by atomic mass is 32.2. The Morgan fingerprint density at radius 1 is 1.40 bits per heavy atom. The summed E-state index contributed by atoms with van der Waals surface area (Å²) in [4.78, 5) is 26.4. The quantitative estimate of drug-likeness (QED) is 0.794. The van der Waals surface area contributed by atoms with E-state index in [-0.39, 0.29) is 17.4 Å². The van der Waals surface area contributed by atoms with Crippen LogP contribution in [0.2, 0.25) is 0 Å². The molecule has 8 heteroatoms. The predicted octanol–water partition coefficient (Wildman–Crippen LogP) is 2.77. The van der Waals surface area contributed by atoms with Crippen molar-refractivity contribution in [2.75, 3.05) is 23.1 Å². The number of rotatable bonds is 6. The Morgan fingerprint density at radius 3 is 2.90 bits per heavy atom. The Hall–Kier alpha value is -1.25. The van der Waals surface area contributed by atoms with E-state index in [1.807, 2.05) is 18.4 Å². The van der Waals surface area contributed by atoms with Crippen molar-refractivity contribution in [1.82, 2.24) is 4.98 Å². The number of aromatic nitrogens is 1. The van der Waals surface area contributed by atoms with E-state index in [2.05, 4.69) is 10.3 Å². The Bertz CT molecular complexity index is 642. The first-order chi connectivity index (χ1) is 9.58. The molecular weight excluding hydrogens is 316 g/mol. The first-order valence-electron chi connectivity index (χ1n) is 5.62. The number of nitrogens with zero attached hydrogens (tertiary/aromatic N) is 1. The van der Waals surface area contributed by atoms with E-state index in [4.69, 9.17) is 5.11 Å². The summed E-state index contributed by atoms with van der Waals surface area (Å²) in [6.07, 6.45) is 1.97. The van der Waals surface area contributed by atoms with Crippen molar-refractivity contribution in [1.29, 1.82) is 0 Å². The number of nitrogens with one attached hydrogen (secondary N) is 1. The third-order valence-electron chi connectivity index (χ3n) is 2.29. The number of carbonyl (C=O) groups excluding carboxylic acids is 1. The topological polar surface area (TPSA) is 79.3 Å². The molecule has 106 valence electrons. The van der Waals surface area contributed by atoms with Gasteiger partial charge in [-0.3, -0.25) is 9.59 Å². The fourth-order valence-corrected chi connectivity index (χ4v) is 3.56. The number of hydrogen-bond acceptors (Lipinski definition) is 6. The predicted molar refractivity (Wildman–Crippen MR) is 85.0 cm³/mol. The zero-order valence-corrected chi connectivity index (χ0v) is 13.0. The van der Waals surface area contributed by atoms with Crippen LogP contribution in [0.25, 0.3) is 10.2 Å². The Morgan fingerprint density at radius 2 is 2.20 bits per heavy atom. The monoisotopic (exact) mass is 328 g/mol. The van der Waals surface area contributed by atoms with Crippen LogP contribution in [0, 0.1) is 0 Å². The lowest BCUT2D eigenvalue weighted by Gasteiger charge is -2.04. The van der Waals surface area contributed by atoms with Gasteiger partial charge in [-0.1, -0.05) is 11.8 Å². The molecule has 1 heterocycles. The van der Waals surface area contributed by atoms with Gasteiger partial charge in [0.25, 0.3) is 0 Å². The van der Waals surface area contributed by atoms with Gasteiger partial charge in [-0.05, 0) is 24.5 Å². The number of anilines is 1. The Labute approximate surface area is 128 Å². The van der Waals surface area contributed by atoms with Gasteiger partial charge >= 0.3 is 5.97 Å². The van der Waals surface area contributed by atoms with Gasteiger partial charge in [0.1, 0.15) is 0 Å². The SMILES string of the molecule is CSc1nc2ccc(NC(=O)CSCC(=O)O)cc2s1. The van der Waals surface area contributed by atoms with Gasteiger partial charge in [-0.2, -0.15) is 0 Å². The maximum Gasteiger partial charge on any atom is 0.313 e. The van der Waals surface area contributed by atoms with Gasteiger partial charge in [0, 0.05) is 5.69 Å². The van der Waals surface area contributed by atoms with E-state index >= 15 is 0 Å². The number of hydrogen-bond donors (Lipinski definition) is 2. The molecule has 0 radical (unpaired) electrons. The number of fused-ring (bicyclic) bond motifs is 1. The average molecular weight is 328 g/mol. The lowest BCUT2D eigenvalue weighted by molar-refractivity contribution is -0.133. The van der Waals surface area contributed by atoms with Gasteiger partial charge in [-0.25, -0.2) is 4.98 Å². The zero-order chi connectivity index (χ0) is 14.5. The summed E-state index contributed by atoms with van der Waals surface area (Å²) in [6.45, 7) is 0.